The molecule has 1 aromatic carbocycles. The van der Waals surface area contributed by atoms with E-state index in [-0.39, 0.29) is 0 Å². The van der Waals surface area contributed by atoms with E-state index in [0.717, 1.165) is 17.3 Å². The minimum Gasteiger partial charge on any atom is -0.313 e. The van der Waals surface area contributed by atoms with Crippen LogP contribution in [0.3, 0.4) is 0 Å². The summed E-state index contributed by atoms with van der Waals surface area (Å²) in [7, 11) is -3.43. The molecule has 1 atom stereocenters. The maximum atomic E-state index is 12.1. The van der Waals surface area contributed by atoms with Gasteiger partial charge in [0.1, 0.15) is 0 Å². The second-order valence-corrected chi connectivity index (χ2v) is 8.19. The van der Waals surface area contributed by atoms with Gasteiger partial charge in [-0.2, -0.15) is 0 Å². The van der Waals surface area contributed by atoms with E-state index in [0.29, 0.717) is 23.3 Å². The van der Waals surface area contributed by atoms with Gasteiger partial charge in [-0.1, -0.05) is 27.5 Å². The van der Waals surface area contributed by atoms with Crippen molar-refractivity contribution in [3.63, 3.8) is 0 Å². The fraction of sp³-hybridized carbons (Fsp3) is 0.500. The molecule has 2 N–H and O–H groups in total. The molecule has 2 rings (SSSR count). The summed E-state index contributed by atoms with van der Waals surface area (Å²) < 4.78 is 27.6. The third-order valence-corrected chi connectivity index (χ3v) is 5.52. The van der Waals surface area contributed by atoms with Crippen LogP contribution >= 0.6 is 27.5 Å². The van der Waals surface area contributed by atoms with Crippen LogP contribution in [-0.4, -0.2) is 26.3 Å². The number of sulfonamides is 1. The van der Waals surface area contributed by atoms with E-state index in [1.165, 1.54) is 0 Å². The zero-order chi connectivity index (χ0) is 14.0. The number of rotatable bonds is 6. The van der Waals surface area contributed by atoms with Gasteiger partial charge in [0.2, 0.25) is 10.0 Å². The molecule has 1 fully saturated rings. The van der Waals surface area contributed by atoms with E-state index in [9.17, 15) is 8.42 Å². The van der Waals surface area contributed by atoms with E-state index < -0.39 is 15.3 Å². The molecule has 106 valence electrons. The zero-order valence-corrected chi connectivity index (χ0v) is 13.6. The smallest absolute Gasteiger partial charge is 0.236 e. The minimum atomic E-state index is -3.43. The van der Waals surface area contributed by atoms with Crippen LogP contribution in [0.4, 0.5) is 5.69 Å². The molecule has 0 spiro atoms. The first-order valence-electron chi connectivity index (χ1n) is 6.08. The Morgan fingerprint density at radius 3 is 2.74 bits per heavy atom. The van der Waals surface area contributed by atoms with Crippen molar-refractivity contribution in [3.05, 3.63) is 27.7 Å². The van der Waals surface area contributed by atoms with E-state index in [1.54, 1.807) is 25.1 Å². The third-order valence-electron chi connectivity index (χ3n) is 2.98. The van der Waals surface area contributed by atoms with Gasteiger partial charge in [-0.25, -0.2) is 8.42 Å². The van der Waals surface area contributed by atoms with Crippen molar-refractivity contribution in [2.45, 2.75) is 31.1 Å². The van der Waals surface area contributed by atoms with Crippen LogP contribution in [0.25, 0.3) is 0 Å². The van der Waals surface area contributed by atoms with E-state index in [4.69, 9.17) is 11.6 Å². The maximum Gasteiger partial charge on any atom is 0.236 e. The normalized spacial score (nSPS) is 17.2. The first-order chi connectivity index (χ1) is 8.88. The molecular formula is C12H16BrClN2O2S. The molecule has 7 heteroatoms. The largest absolute Gasteiger partial charge is 0.313 e. The predicted octanol–water partition coefficient (Wildman–Crippen LogP) is 2.98. The molecule has 1 aliphatic rings. The van der Waals surface area contributed by atoms with Gasteiger partial charge in [0, 0.05) is 17.1 Å². The second-order valence-electron chi connectivity index (χ2n) is 4.76. The van der Waals surface area contributed by atoms with Gasteiger partial charge in [-0.15, -0.1) is 0 Å². The number of anilines is 1. The maximum absolute atomic E-state index is 12.1. The number of nitrogens with one attached hydrogen (secondary N) is 2. The number of hydrogen-bond donors (Lipinski definition) is 2. The Kier molecular flexibility index (Phi) is 4.76. The lowest BCUT2D eigenvalue weighted by atomic mass is 10.3. The Morgan fingerprint density at radius 1 is 1.47 bits per heavy atom. The predicted molar refractivity (Wildman–Crippen MR) is 82.2 cm³/mol. The van der Waals surface area contributed by atoms with E-state index >= 15 is 0 Å². The zero-order valence-electron chi connectivity index (χ0n) is 10.5. The molecule has 0 aromatic heterocycles. The van der Waals surface area contributed by atoms with Gasteiger partial charge >= 0.3 is 0 Å². The molecule has 0 heterocycles. The topological polar surface area (TPSA) is 58.2 Å². The van der Waals surface area contributed by atoms with E-state index in [2.05, 4.69) is 26.0 Å². The van der Waals surface area contributed by atoms with Crippen molar-refractivity contribution in [2.24, 2.45) is 0 Å². The standard InChI is InChI=1S/C12H16BrClN2O2S/c1-8(7-15-10-3-4-10)19(17,18)16-12-5-2-9(13)6-11(12)14/h2,5-6,8,10,15-16H,3-4,7H2,1H3. The molecule has 1 unspecified atom stereocenters. The van der Waals surface area contributed by atoms with E-state index in [1.807, 2.05) is 0 Å². The highest BCUT2D eigenvalue weighted by molar-refractivity contribution is 9.10. The Morgan fingerprint density at radius 2 is 2.16 bits per heavy atom. The van der Waals surface area contributed by atoms with Gasteiger partial charge < -0.3 is 5.32 Å². The first-order valence-corrected chi connectivity index (χ1v) is 8.80. The van der Waals surface area contributed by atoms with Crippen molar-refractivity contribution in [1.82, 2.24) is 5.32 Å². The molecule has 0 radical (unpaired) electrons. The molecular weight excluding hydrogens is 352 g/mol. The Balaban J connectivity index is 2.02. The Labute approximate surface area is 127 Å². The lowest BCUT2D eigenvalue weighted by Gasteiger charge is -2.16. The molecule has 0 amide bonds. The number of benzene rings is 1. The van der Waals surface area contributed by atoms with Gasteiger partial charge in [-0.3, -0.25) is 4.72 Å². The van der Waals surface area contributed by atoms with Crippen LogP contribution < -0.4 is 10.0 Å². The molecule has 0 saturated heterocycles. The average molecular weight is 368 g/mol. The lowest BCUT2D eigenvalue weighted by Crippen LogP contribution is -2.35. The van der Waals surface area contributed by atoms with Crippen molar-refractivity contribution in [2.75, 3.05) is 11.3 Å². The summed E-state index contributed by atoms with van der Waals surface area (Å²) >= 11 is 9.29. The van der Waals surface area contributed by atoms with Crippen molar-refractivity contribution in [1.29, 1.82) is 0 Å². The molecule has 19 heavy (non-hydrogen) atoms. The lowest BCUT2D eigenvalue weighted by molar-refractivity contribution is 0.576. The highest BCUT2D eigenvalue weighted by Gasteiger charge is 2.26. The number of halogens is 2. The highest BCUT2D eigenvalue weighted by Crippen LogP contribution is 2.27. The van der Waals surface area contributed by atoms with Gasteiger partial charge in [0.05, 0.1) is 16.0 Å². The summed E-state index contributed by atoms with van der Waals surface area (Å²) in [6.07, 6.45) is 2.28. The van der Waals surface area contributed by atoms with Crippen LogP contribution in [-0.2, 0) is 10.0 Å². The van der Waals surface area contributed by atoms with Crippen molar-refractivity contribution < 1.29 is 8.42 Å². The quantitative estimate of drug-likeness (QED) is 0.812. The molecule has 0 bridgehead atoms. The van der Waals surface area contributed by atoms with Crippen LogP contribution in [0.1, 0.15) is 19.8 Å². The molecule has 4 nitrogen and oxygen atoms in total. The van der Waals surface area contributed by atoms with Crippen LogP contribution in [0, 0.1) is 0 Å². The van der Waals surface area contributed by atoms with Crippen LogP contribution in [0.2, 0.25) is 5.02 Å². The number of hydrogen-bond acceptors (Lipinski definition) is 3. The second kappa shape index (κ2) is 5.99. The van der Waals surface area contributed by atoms with Gasteiger partial charge in [0.15, 0.2) is 0 Å². The Bertz CT molecular complexity index is 561. The molecule has 1 saturated carbocycles. The summed E-state index contributed by atoms with van der Waals surface area (Å²) in [6, 6.07) is 5.54. The third kappa shape index (κ3) is 4.34. The minimum absolute atomic E-state index is 0.375. The molecule has 1 aromatic rings. The molecule has 0 aliphatic heterocycles. The molecule has 1 aliphatic carbocycles. The van der Waals surface area contributed by atoms with Crippen molar-refractivity contribution >= 4 is 43.2 Å². The van der Waals surface area contributed by atoms with Crippen molar-refractivity contribution in [3.8, 4) is 0 Å². The first kappa shape index (κ1) is 15.1. The van der Waals surface area contributed by atoms with Gasteiger partial charge in [0.25, 0.3) is 0 Å². The summed E-state index contributed by atoms with van der Waals surface area (Å²) in [5, 5.41) is 3.08. The summed E-state index contributed by atoms with van der Waals surface area (Å²) in [4.78, 5) is 0. The Hall–Kier alpha value is -0.300. The monoisotopic (exact) mass is 366 g/mol. The summed E-state index contributed by atoms with van der Waals surface area (Å²) in [5.74, 6) is 0. The fourth-order valence-electron chi connectivity index (χ4n) is 1.56. The summed E-state index contributed by atoms with van der Waals surface area (Å²) in [5.41, 5.74) is 0.406. The highest BCUT2D eigenvalue weighted by atomic mass is 79.9. The van der Waals surface area contributed by atoms with Crippen LogP contribution in [0.5, 0.6) is 0 Å². The average Bonchev–Trinajstić information content (AvgIpc) is 3.13. The van der Waals surface area contributed by atoms with Crippen LogP contribution in [0.15, 0.2) is 22.7 Å². The fourth-order valence-corrected chi connectivity index (χ4v) is 3.33. The SMILES string of the molecule is CC(CNC1CC1)S(=O)(=O)Nc1ccc(Br)cc1Cl. The van der Waals surface area contributed by atoms with Gasteiger partial charge in [-0.05, 0) is 38.0 Å². The summed E-state index contributed by atoms with van der Waals surface area (Å²) in [6.45, 7) is 2.14.